The lowest BCUT2D eigenvalue weighted by Crippen LogP contribution is -2.20. The Labute approximate surface area is 116 Å². The van der Waals surface area contributed by atoms with Gasteiger partial charge in [-0.05, 0) is 38.2 Å². The van der Waals surface area contributed by atoms with Gasteiger partial charge in [0.05, 0.1) is 5.56 Å². The Balaban J connectivity index is 2.32. The highest BCUT2D eigenvalue weighted by Crippen LogP contribution is 2.37. The van der Waals surface area contributed by atoms with Gasteiger partial charge in [0.25, 0.3) is 0 Å². The molecule has 1 aromatic rings. The van der Waals surface area contributed by atoms with E-state index in [1.54, 1.807) is 6.92 Å². The Morgan fingerprint density at radius 3 is 2.83 bits per heavy atom. The molecule has 0 bridgehead atoms. The Hall–Kier alpha value is -1.05. The molecule has 1 aromatic heterocycles. The molecule has 0 saturated carbocycles. The molecule has 18 heavy (non-hydrogen) atoms. The van der Waals surface area contributed by atoms with Crippen LogP contribution in [-0.2, 0) is 17.6 Å². The highest BCUT2D eigenvalue weighted by molar-refractivity contribution is 7.16. The number of fused-ring (bicyclic) bond motifs is 1. The number of hydrogen-bond acceptors (Lipinski definition) is 3. The molecule has 0 fully saturated rings. The fourth-order valence-corrected chi connectivity index (χ4v) is 3.46. The third kappa shape index (κ3) is 2.68. The van der Waals surface area contributed by atoms with Crippen molar-refractivity contribution in [2.24, 2.45) is 0 Å². The van der Waals surface area contributed by atoms with E-state index in [2.05, 4.69) is 11.4 Å². The van der Waals surface area contributed by atoms with Gasteiger partial charge in [0.15, 0.2) is 0 Å². The lowest BCUT2D eigenvalue weighted by Gasteiger charge is -2.04. The fraction of sp³-hybridized carbons (Fsp3) is 0.538. The Kier molecular flexibility index (Phi) is 4.26. The number of nitriles is 1. The zero-order valence-electron chi connectivity index (χ0n) is 10.3. The van der Waals surface area contributed by atoms with Crippen molar-refractivity contribution in [3.8, 4) is 6.07 Å². The van der Waals surface area contributed by atoms with E-state index >= 15 is 0 Å². The standard InChI is InChI=1S/C13H15ClN2OS/c1-8(14)12(17)16-13-10(7-15)9-5-3-2-4-6-11(9)18-13/h8H,2-6H2,1H3,(H,16,17)/t8-/m1/s1. The average molecular weight is 283 g/mol. The van der Waals surface area contributed by atoms with Gasteiger partial charge >= 0.3 is 0 Å². The van der Waals surface area contributed by atoms with Crippen LogP contribution in [0.25, 0.3) is 0 Å². The van der Waals surface area contributed by atoms with E-state index in [9.17, 15) is 10.1 Å². The number of anilines is 1. The molecule has 1 aliphatic rings. The number of nitrogens with one attached hydrogen (secondary N) is 1. The van der Waals surface area contributed by atoms with E-state index in [4.69, 9.17) is 11.6 Å². The summed E-state index contributed by atoms with van der Waals surface area (Å²) in [6.45, 7) is 1.63. The van der Waals surface area contributed by atoms with E-state index < -0.39 is 5.38 Å². The van der Waals surface area contributed by atoms with Crippen molar-refractivity contribution in [2.75, 3.05) is 5.32 Å². The minimum Gasteiger partial charge on any atom is -0.315 e. The summed E-state index contributed by atoms with van der Waals surface area (Å²) < 4.78 is 0. The lowest BCUT2D eigenvalue weighted by atomic mass is 10.1. The maximum Gasteiger partial charge on any atom is 0.242 e. The second-order valence-corrected chi connectivity index (χ2v) is 6.25. The van der Waals surface area contributed by atoms with Crippen LogP contribution in [0.5, 0.6) is 0 Å². The van der Waals surface area contributed by atoms with E-state index in [1.807, 2.05) is 0 Å². The van der Waals surface area contributed by atoms with Crippen LogP contribution in [0.4, 0.5) is 5.00 Å². The maximum absolute atomic E-state index is 11.6. The number of carbonyl (C=O) groups excluding carboxylic acids is 1. The summed E-state index contributed by atoms with van der Waals surface area (Å²) in [6.07, 6.45) is 5.46. The smallest absolute Gasteiger partial charge is 0.242 e. The number of thiophene rings is 1. The highest BCUT2D eigenvalue weighted by Gasteiger charge is 2.21. The molecule has 2 rings (SSSR count). The molecule has 0 saturated heterocycles. The van der Waals surface area contributed by atoms with Crippen molar-refractivity contribution in [3.63, 3.8) is 0 Å². The van der Waals surface area contributed by atoms with Crippen LogP contribution in [-0.4, -0.2) is 11.3 Å². The zero-order chi connectivity index (χ0) is 13.1. The van der Waals surface area contributed by atoms with Crippen LogP contribution in [0, 0.1) is 11.3 Å². The van der Waals surface area contributed by atoms with Crippen molar-refractivity contribution < 1.29 is 4.79 Å². The molecule has 0 aromatic carbocycles. The summed E-state index contributed by atoms with van der Waals surface area (Å²) in [5.41, 5.74) is 1.78. The maximum atomic E-state index is 11.6. The van der Waals surface area contributed by atoms with Gasteiger partial charge in [0, 0.05) is 4.88 Å². The Morgan fingerprint density at radius 2 is 2.17 bits per heavy atom. The van der Waals surface area contributed by atoms with Crippen LogP contribution in [0.15, 0.2) is 0 Å². The molecule has 0 unspecified atom stereocenters. The molecule has 1 atom stereocenters. The Morgan fingerprint density at radius 1 is 1.44 bits per heavy atom. The minimum absolute atomic E-state index is 0.246. The van der Waals surface area contributed by atoms with Gasteiger partial charge in [-0.1, -0.05) is 6.42 Å². The predicted octanol–water partition coefficient (Wildman–Crippen LogP) is 3.45. The van der Waals surface area contributed by atoms with Crippen LogP contribution in [0.2, 0.25) is 0 Å². The first kappa shape index (κ1) is 13.4. The van der Waals surface area contributed by atoms with E-state index in [0.717, 1.165) is 31.2 Å². The first-order valence-corrected chi connectivity index (χ1v) is 7.38. The normalized spacial score (nSPS) is 16.3. The first-order chi connectivity index (χ1) is 8.63. The van der Waals surface area contributed by atoms with Crippen molar-refractivity contribution >= 4 is 33.8 Å². The Bertz CT molecular complexity index is 502. The molecule has 3 nitrogen and oxygen atoms in total. The number of amides is 1. The van der Waals surface area contributed by atoms with Crippen LogP contribution < -0.4 is 5.32 Å². The minimum atomic E-state index is -0.585. The average Bonchev–Trinajstić information content (AvgIpc) is 2.50. The number of aryl methyl sites for hydroxylation is 1. The molecule has 5 heteroatoms. The second-order valence-electron chi connectivity index (χ2n) is 4.49. The van der Waals surface area contributed by atoms with Gasteiger partial charge in [-0.25, -0.2) is 0 Å². The molecule has 0 radical (unpaired) electrons. The summed E-state index contributed by atoms with van der Waals surface area (Å²) in [6, 6.07) is 2.23. The van der Waals surface area contributed by atoms with Gasteiger partial charge in [-0.3, -0.25) is 4.79 Å². The fourth-order valence-electron chi connectivity index (χ4n) is 2.16. The van der Waals surface area contributed by atoms with Gasteiger partial charge in [-0.2, -0.15) is 5.26 Å². The molecular weight excluding hydrogens is 268 g/mol. The van der Waals surface area contributed by atoms with E-state index in [1.165, 1.54) is 22.6 Å². The van der Waals surface area contributed by atoms with Crippen molar-refractivity contribution in [1.29, 1.82) is 5.26 Å². The van der Waals surface area contributed by atoms with Gasteiger partial charge < -0.3 is 5.32 Å². The third-order valence-corrected chi connectivity index (χ3v) is 4.54. The number of alkyl halides is 1. The van der Waals surface area contributed by atoms with Crippen LogP contribution in [0.3, 0.4) is 0 Å². The van der Waals surface area contributed by atoms with Gasteiger partial charge in [-0.15, -0.1) is 22.9 Å². The summed E-state index contributed by atoms with van der Waals surface area (Å²) in [7, 11) is 0. The van der Waals surface area contributed by atoms with Gasteiger partial charge in [0.1, 0.15) is 16.4 Å². The van der Waals surface area contributed by atoms with Crippen molar-refractivity contribution in [2.45, 2.75) is 44.4 Å². The van der Waals surface area contributed by atoms with E-state index in [0.29, 0.717) is 10.6 Å². The molecule has 0 spiro atoms. The third-order valence-electron chi connectivity index (χ3n) is 3.13. The monoisotopic (exact) mass is 282 g/mol. The number of rotatable bonds is 2. The van der Waals surface area contributed by atoms with Crippen LogP contribution >= 0.6 is 22.9 Å². The zero-order valence-corrected chi connectivity index (χ0v) is 11.8. The van der Waals surface area contributed by atoms with Crippen LogP contribution in [0.1, 0.15) is 42.2 Å². The van der Waals surface area contributed by atoms with Gasteiger partial charge in [0.2, 0.25) is 5.91 Å². The molecule has 0 aliphatic heterocycles. The first-order valence-electron chi connectivity index (χ1n) is 6.13. The second kappa shape index (κ2) is 5.73. The number of hydrogen-bond donors (Lipinski definition) is 1. The lowest BCUT2D eigenvalue weighted by molar-refractivity contribution is -0.115. The SMILES string of the molecule is C[C@@H](Cl)C(=O)Nc1sc2c(c1C#N)CCCCC2. The van der Waals surface area contributed by atoms with Crippen molar-refractivity contribution in [1.82, 2.24) is 0 Å². The number of nitrogens with zero attached hydrogens (tertiary/aromatic N) is 1. The quantitative estimate of drug-likeness (QED) is 0.667. The molecule has 1 amide bonds. The molecule has 96 valence electrons. The van der Waals surface area contributed by atoms with E-state index in [-0.39, 0.29) is 5.91 Å². The summed E-state index contributed by atoms with van der Waals surface area (Å²) >= 11 is 7.27. The largest absolute Gasteiger partial charge is 0.315 e. The van der Waals surface area contributed by atoms with Crippen molar-refractivity contribution in [3.05, 3.63) is 16.0 Å². The topological polar surface area (TPSA) is 52.9 Å². The number of halogens is 1. The summed E-state index contributed by atoms with van der Waals surface area (Å²) in [5.74, 6) is -0.246. The molecular formula is C13H15ClN2OS. The summed E-state index contributed by atoms with van der Waals surface area (Å²) in [5, 5.41) is 12.1. The molecule has 1 aliphatic carbocycles. The summed E-state index contributed by atoms with van der Waals surface area (Å²) in [4.78, 5) is 12.9. The number of carbonyl (C=O) groups is 1. The highest BCUT2D eigenvalue weighted by atomic mass is 35.5. The predicted molar refractivity (Wildman–Crippen MR) is 74.2 cm³/mol. The molecule has 1 heterocycles. The molecule has 1 N–H and O–H groups in total.